The van der Waals surface area contributed by atoms with Crippen LogP contribution in [0, 0.1) is 0 Å². The Balaban J connectivity index is 2.35. The van der Waals surface area contributed by atoms with Crippen LogP contribution in [0.3, 0.4) is 0 Å². The molecule has 2 rings (SSSR count). The Hall–Kier alpha value is -1.58. The van der Waals surface area contributed by atoms with Crippen LogP contribution in [0.25, 0.3) is 6.08 Å². The lowest BCUT2D eigenvalue weighted by Crippen LogP contribution is -2.16. The van der Waals surface area contributed by atoms with Crippen molar-refractivity contribution in [1.82, 2.24) is 10.1 Å². The maximum Gasteiger partial charge on any atom is 0.213 e. The zero-order valence-electron chi connectivity index (χ0n) is 5.73. The minimum absolute atomic E-state index is 0.554. The Morgan fingerprint density at radius 2 is 2.64 bits per heavy atom. The average molecular weight is 150 g/mol. The van der Waals surface area contributed by atoms with Crippen molar-refractivity contribution in [2.75, 3.05) is 0 Å². The van der Waals surface area contributed by atoms with E-state index < -0.39 is 0 Å². The zero-order valence-corrected chi connectivity index (χ0v) is 5.73. The first-order valence-corrected chi connectivity index (χ1v) is 3.23. The van der Waals surface area contributed by atoms with Gasteiger partial charge in [-0.3, -0.25) is 4.79 Å². The number of hydrogen-bond acceptors (Lipinski definition) is 3. The Morgan fingerprint density at radius 3 is 3.45 bits per heavy atom. The van der Waals surface area contributed by atoms with E-state index in [1.54, 1.807) is 18.5 Å². The zero-order chi connectivity index (χ0) is 7.68. The van der Waals surface area contributed by atoms with Gasteiger partial charge in [-0.1, -0.05) is 5.16 Å². The fourth-order valence-corrected chi connectivity index (χ4v) is 1.01. The van der Waals surface area contributed by atoms with Crippen LogP contribution in [0.1, 0.15) is 11.3 Å². The molecule has 1 aliphatic heterocycles. The Labute approximate surface area is 63.1 Å². The molecule has 1 aromatic heterocycles. The standard InChI is InChI=1S/C7H6N2O2/c10-5-9-2-1-7-6(4-9)3-8-11-7/h1-3,5H,4H2. The monoisotopic (exact) mass is 150 g/mol. The first-order chi connectivity index (χ1) is 5.40. The number of nitrogens with zero attached hydrogens (tertiary/aromatic N) is 2. The van der Waals surface area contributed by atoms with Crippen molar-refractivity contribution in [2.24, 2.45) is 0 Å². The van der Waals surface area contributed by atoms with Gasteiger partial charge in [-0.05, 0) is 0 Å². The highest BCUT2D eigenvalue weighted by Crippen LogP contribution is 2.17. The summed E-state index contributed by atoms with van der Waals surface area (Å²) in [6.07, 6.45) is 5.78. The van der Waals surface area contributed by atoms with E-state index in [9.17, 15) is 4.79 Å². The Morgan fingerprint density at radius 1 is 1.73 bits per heavy atom. The molecular formula is C7H6N2O2. The molecule has 0 N–H and O–H groups in total. The molecule has 0 saturated heterocycles. The van der Waals surface area contributed by atoms with Crippen molar-refractivity contribution in [3.63, 3.8) is 0 Å². The van der Waals surface area contributed by atoms with Crippen LogP contribution in [0.15, 0.2) is 16.9 Å². The van der Waals surface area contributed by atoms with Crippen molar-refractivity contribution >= 4 is 12.5 Å². The molecule has 1 aromatic rings. The number of carbonyl (C=O) groups is 1. The van der Waals surface area contributed by atoms with Crippen LogP contribution in [-0.2, 0) is 11.3 Å². The van der Waals surface area contributed by atoms with E-state index in [0.717, 1.165) is 17.7 Å². The number of fused-ring (bicyclic) bond motifs is 1. The lowest BCUT2D eigenvalue weighted by Gasteiger charge is -2.13. The van der Waals surface area contributed by atoms with Gasteiger partial charge in [-0.2, -0.15) is 0 Å². The van der Waals surface area contributed by atoms with E-state index >= 15 is 0 Å². The number of carbonyl (C=O) groups excluding carboxylic acids is 1. The molecule has 0 fully saturated rings. The van der Waals surface area contributed by atoms with E-state index in [4.69, 9.17) is 4.52 Å². The van der Waals surface area contributed by atoms with Crippen molar-refractivity contribution in [1.29, 1.82) is 0 Å². The molecule has 2 heterocycles. The van der Waals surface area contributed by atoms with Gasteiger partial charge in [0, 0.05) is 17.8 Å². The van der Waals surface area contributed by atoms with Crippen LogP contribution in [-0.4, -0.2) is 16.5 Å². The first kappa shape index (κ1) is 6.15. The Kier molecular flexibility index (Phi) is 1.25. The topological polar surface area (TPSA) is 46.3 Å². The number of hydrogen-bond donors (Lipinski definition) is 0. The Bertz CT molecular complexity index is 303. The maximum absolute atomic E-state index is 10.3. The smallest absolute Gasteiger partial charge is 0.213 e. The summed E-state index contributed by atoms with van der Waals surface area (Å²) in [6.45, 7) is 0.554. The molecule has 56 valence electrons. The van der Waals surface area contributed by atoms with Crippen LogP contribution in [0.5, 0.6) is 0 Å². The average Bonchev–Trinajstić information content (AvgIpc) is 2.50. The predicted molar refractivity (Wildman–Crippen MR) is 37.1 cm³/mol. The lowest BCUT2D eigenvalue weighted by atomic mass is 10.2. The third kappa shape index (κ3) is 0.920. The fourth-order valence-electron chi connectivity index (χ4n) is 1.01. The normalized spacial score (nSPS) is 14.7. The second-order valence-electron chi connectivity index (χ2n) is 2.31. The molecule has 1 amide bonds. The highest BCUT2D eigenvalue weighted by molar-refractivity contribution is 5.58. The maximum atomic E-state index is 10.3. The summed E-state index contributed by atoms with van der Waals surface area (Å²) in [4.78, 5) is 11.8. The van der Waals surface area contributed by atoms with E-state index in [1.165, 1.54) is 4.90 Å². The van der Waals surface area contributed by atoms with Gasteiger partial charge in [-0.25, -0.2) is 0 Å². The SMILES string of the molecule is O=CN1C=Cc2oncc2C1. The number of rotatable bonds is 1. The highest BCUT2D eigenvalue weighted by atomic mass is 16.5. The first-order valence-electron chi connectivity index (χ1n) is 3.23. The summed E-state index contributed by atoms with van der Waals surface area (Å²) in [5.74, 6) is 0.739. The lowest BCUT2D eigenvalue weighted by molar-refractivity contribution is -0.116. The van der Waals surface area contributed by atoms with E-state index in [-0.39, 0.29) is 0 Å². The van der Waals surface area contributed by atoms with Gasteiger partial charge in [0.2, 0.25) is 6.41 Å². The van der Waals surface area contributed by atoms with Crippen molar-refractivity contribution < 1.29 is 9.32 Å². The summed E-state index contributed by atoms with van der Waals surface area (Å²) in [7, 11) is 0. The van der Waals surface area contributed by atoms with Gasteiger partial charge in [0.05, 0.1) is 12.7 Å². The second kappa shape index (κ2) is 2.23. The molecule has 0 spiro atoms. The van der Waals surface area contributed by atoms with E-state index in [2.05, 4.69) is 5.16 Å². The third-order valence-corrected chi connectivity index (χ3v) is 1.58. The minimum Gasteiger partial charge on any atom is -0.357 e. The van der Waals surface area contributed by atoms with Crippen LogP contribution < -0.4 is 0 Å². The molecule has 0 unspecified atom stereocenters. The van der Waals surface area contributed by atoms with Crippen molar-refractivity contribution in [3.8, 4) is 0 Å². The van der Waals surface area contributed by atoms with Gasteiger partial charge >= 0.3 is 0 Å². The molecule has 0 bridgehead atoms. The van der Waals surface area contributed by atoms with Gasteiger partial charge in [-0.15, -0.1) is 0 Å². The molecule has 4 nitrogen and oxygen atoms in total. The van der Waals surface area contributed by atoms with Crippen molar-refractivity contribution in [2.45, 2.75) is 6.54 Å². The van der Waals surface area contributed by atoms with E-state index in [1.807, 2.05) is 0 Å². The minimum atomic E-state index is 0.554. The van der Waals surface area contributed by atoms with Gasteiger partial charge in [0.25, 0.3) is 0 Å². The molecule has 0 aromatic carbocycles. The van der Waals surface area contributed by atoms with Gasteiger partial charge in [0.15, 0.2) is 5.76 Å². The molecular weight excluding hydrogens is 144 g/mol. The summed E-state index contributed by atoms with van der Waals surface area (Å²) in [5, 5.41) is 3.60. The third-order valence-electron chi connectivity index (χ3n) is 1.58. The summed E-state index contributed by atoms with van der Waals surface area (Å²) < 4.78 is 4.87. The number of aromatic nitrogens is 1. The van der Waals surface area contributed by atoms with Gasteiger partial charge < -0.3 is 9.42 Å². The largest absolute Gasteiger partial charge is 0.357 e. The second-order valence-corrected chi connectivity index (χ2v) is 2.31. The molecule has 1 aliphatic rings. The summed E-state index contributed by atoms with van der Waals surface area (Å²) in [6, 6.07) is 0. The number of amides is 1. The van der Waals surface area contributed by atoms with Crippen LogP contribution in [0.2, 0.25) is 0 Å². The molecule has 4 heteroatoms. The molecule has 0 aliphatic carbocycles. The predicted octanol–water partition coefficient (Wildman–Crippen LogP) is 0.617. The fraction of sp³-hybridized carbons (Fsp3) is 0.143. The quantitative estimate of drug-likeness (QED) is 0.551. The van der Waals surface area contributed by atoms with Crippen molar-refractivity contribution in [3.05, 3.63) is 23.7 Å². The van der Waals surface area contributed by atoms with Gasteiger partial charge in [0.1, 0.15) is 0 Å². The molecule has 0 atom stereocenters. The molecule has 11 heavy (non-hydrogen) atoms. The van der Waals surface area contributed by atoms with Crippen LogP contribution >= 0.6 is 0 Å². The molecule has 0 saturated carbocycles. The van der Waals surface area contributed by atoms with Crippen LogP contribution in [0.4, 0.5) is 0 Å². The molecule has 0 radical (unpaired) electrons. The van der Waals surface area contributed by atoms with E-state index in [0.29, 0.717) is 6.54 Å². The summed E-state index contributed by atoms with van der Waals surface area (Å²) in [5.41, 5.74) is 0.944. The highest BCUT2D eigenvalue weighted by Gasteiger charge is 2.12. The summed E-state index contributed by atoms with van der Waals surface area (Å²) >= 11 is 0.